The number of benzene rings is 1. The van der Waals surface area contributed by atoms with Gasteiger partial charge in [0.15, 0.2) is 0 Å². The van der Waals surface area contributed by atoms with Crippen molar-refractivity contribution in [2.24, 2.45) is 0 Å². The lowest BCUT2D eigenvalue weighted by atomic mass is 9.90. The number of carbonyl (C=O) groups excluding carboxylic acids is 2. The third kappa shape index (κ3) is 2.21. The predicted octanol–water partition coefficient (Wildman–Crippen LogP) is -0.0729. The van der Waals surface area contributed by atoms with E-state index in [1.165, 1.54) is 12.1 Å². The Labute approximate surface area is 93.5 Å². The van der Waals surface area contributed by atoms with Crippen LogP contribution in [0.25, 0.3) is 0 Å². The lowest BCUT2D eigenvalue weighted by Crippen LogP contribution is -2.31. The molecule has 0 saturated carbocycles. The normalized spacial score (nSPS) is 12.1. The highest BCUT2D eigenvalue weighted by Crippen LogP contribution is 2.24. The molecule has 0 aliphatic rings. The summed E-state index contributed by atoms with van der Waals surface area (Å²) < 4.78 is 0. The summed E-state index contributed by atoms with van der Waals surface area (Å²) >= 11 is 0. The van der Waals surface area contributed by atoms with Crippen LogP contribution < -0.4 is 10.2 Å². The van der Waals surface area contributed by atoms with E-state index in [4.69, 9.17) is 0 Å². The fourth-order valence-electron chi connectivity index (χ4n) is 1.60. The second-order valence-corrected chi connectivity index (χ2v) is 3.65. The largest absolute Gasteiger partial charge is 0.545 e. The van der Waals surface area contributed by atoms with Crippen molar-refractivity contribution in [3.8, 4) is 0 Å². The van der Waals surface area contributed by atoms with Crippen molar-refractivity contribution < 1.29 is 19.8 Å². The van der Waals surface area contributed by atoms with Gasteiger partial charge in [0.2, 0.25) is 0 Å². The number of aromatic carboxylic acids is 2. The SMILES string of the molecule is CCC(C)c1cccc(C(=O)[O-])c1C(=O)[O-]. The van der Waals surface area contributed by atoms with Crippen molar-refractivity contribution in [1.29, 1.82) is 0 Å². The molecule has 0 fully saturated rings. The van der Waals surface area contributed by atoms with Crippen molar-refractivity contribution in [2.75, 3.05) is 0 Å². The van der Waals surface area contributed by atoms with Crippen LogP contribution in [-0.4, -0.2) is 11.9 Å². The van der Waals surface area contributed by atoms with E-state index < -0.39 is 11.9 Å². The van der Waals surface area contributed by atoms with Gasteiger partial charge in [-0.3, -0.25) is 0 Å². The van der Waals surface area contributed by atoms with Gasteiger partial charge in [-0.2, -0.15) is 0 Å². The minimum atomic E-state index is -1.50. The van der Waals surface area contributed by atoms with E-state index in [1.807, 2.05) is 13.8 Å². The fraction of sp³-hybridized carbons (Fsp3) is 0.333. The summed E-state index contributed by atoms with van der Waals surface area (Å²) in [6.07, 6.45) is 0.719. The van der Waals surface area contributed by atoms with Gasteiger partial charge in [0.25, 0.3) is 0 Å². The highest BCUT2D eigenvalue weighted by atomic mass is 16.4. The van der Waals surface area contributed by atoms with Gasteiger partial charge in [0, 0.05) is 11.1 Å². The van der Waals surface area contributed by atoms with Crippen molar-refractivity contribution in [3.63, 3.8) is 0 Å². The standard InChI is InChI=1S/C12H14O4/c1-3-7(2)8-5-4-6-9(11(13)14)10(8)12(15)16/h4-7H,3H2,1-2H3,(H,13,14)(H,15,16)/p-2. The van der Waals surface area contributed by atoms with Gasteiger partial charge in [0.1, 0.15) is 0 Å². The van der Waals surface area contributed by atoms with Crippen LogP contribution in [0.3, 0.4) is 0 Å². The van der Waals surface area contributed by atoms with E-state index >= 15 is 0 Å². The Morgan fingerprint density at radius 3 is 2.31 bits per heavy atom. The second-order valence-electron chi connectivity index (χ2n) is 3.65. The number of carboxylic acids is 2. The molecule has 1 aromatic carbocycles. The zero-order chi connectivity index (χ0) is 12.3. The van der Waals surface area contributed by atoms with Crippen molar-refractivity contribution in [1.82, 2.24) is 0 Å². The molecule has 1 aromatic rings. The monoisotopic (exact) mass is 220 g/mol. The molecule has 4 nitrogen and oxygen atoms in total. The molecule has 0 N–H and O–H groups in total. The van der Waals surface area contributed by atoms with Crippen LogP contribution in [0.2, 0.25) is 0 Å². The van der Waals surface area contributed by atoms with Crippen LogP contribution in [0.5, 0.6) is 0 Å². The van der Waals surface area contributed by atoms with Gasteiger partial charge >= 0.3 is 0 Å². The Balaban J connectivity index is 3.44. The average molecular weight is 220 g/mol. The Kier molecular flexibility index (Phi) is 3.66. The summed E-state index contributed by atoms with van der Waals surface area (Å²) in [5.74, 6) is -3.01. The molecule has 4 heteroatoms. The first-order valence-electron chi connectivity index (χ1n) is 5.04. The molecule has 0 aromatic heterocycles. The van der Waals surface area contributed by atoms with E-state index in [0.29, 0.717) is 5.56 Å². The molecule has 0 heterocycles. The van der Waals surface area contributed by atoms with Gasteiger partial charge in [-0.05, 0) is 17.9 Å². The van der Waals surface area contributed by atoms with Crippen molar-refractivity contribution in [2.45, 2.75) is 26.2 Å². The average Bonchev–Trinajstić information content (AvgIpc) is 2.26. The van der Waals surface area contributed by atoms with Crippen molar-refractivity contribution in [3.05, 3.63) is 34.9 Å². The van der Waals surface area contributed by atoms with Gasteiger partial charge in [-0.25, -0.2) is 0 Å². The molecule has 0 amide bonds. The number of hydrogen-bond acceptors (Lipinski definition) is 4. The van der Waals surface area contributed by atoms with Crippen LogP contribution in [-0.2, 0) is 0 Å². The molecule has 0 bridgehead atoms. The Morgan fingerprint density at radius 2 is 1.88 bits per heavy atom. The summed E-state index contributed by atoms with van der Waals surface area (Å²) in [6.45, 7) is 3.73. The first kappa shape index (κ1) is 12.2. The van der Waals surface area contributed by atoms with E-state index in [-0.39, 0.29) is 17.0 Å². The summed E-state index contributed by atoms with van der Waals surface area (Å²) in [5, 5.41) is 21.8. The smallest absolute Gasteiger partial charge is 0.0724 e. The van der Waals surface area contributed by atoms with Gasteiger partial charge in [0.05, 0.1) is 11.9 Å². The number of carboxylic acid groups (broad SMARTS) is 2. The molecule has 16 heavy (non-hydrogen) atoms. The zero-order valence-corrected chi connectivity index (χ0v) is 9.15. The Morgan fingerprint density at radius 1 is 1.25 bits per heavy atom. The quantitative estimate of drug-likeness (QED) is 0.711. The lowest BCUT2D eigenvalue weighted by molar-refractivity contribution is -0.259. The molecular formula is C12H12O4-2. The molecule has 0 aliphatic carbocycles. The molecule has 0 radical (unpaired) electrons. The highest BCUT2D eigenvalue weighted by molar-refractivity contribution is 6.01. The molecule has 1 unspecified atom stereocenters. The number of rotatable bonds is 4. The van der Waals surface area contributed by atoms with Crippen LogP contribution in [0.1, 0.15) is 52.5 Å². The maximum atomic E-state index is 11.0. The second kappa shape index (κ2) is 4.79. The number of carbonyl (C=O) groups is 2. The molecule has 0 saturated heterocycles. The predicted molar refractivity (Wildman–Crippen MR) is 53.8 cm³/mol. The fourth-order valence-corrected chi connectivity index (χ4v) is 1.60. The minimum Gasteiger partial charge on any atom is -0.545 e. The molecule has 1 rings (SSSR count). The van der Waals surface area contributed by atoms with Gasteiger partial charge < -0.3 is 19.8 Å². The molecule has 1 atom stereocenters. The summed E-state index contributed by atoms with van der Waals surface area (Å²) in [6, 6.07) is 4.33. The summed E-state index contributed by atoms with van der Waals surface area (Å²) in [4.78, 5) is 21.8. The summed E-state index contributed by atoms with van der Waals surface area (Å²) in [7, 11) is 0. The topological polar surface area (TPSA) is 80.3 Å². The van der Waals surface area contributed by atoms with Crippen LogP contribution in [0, 0.1) is 0 Å². The lowest BCUT2D eigenvalue weighted by Gasteiger charge is -2.19. The third-order valence-electron chi connectivity index (χ3n) is 2.66. The van der Waals surface area contributed by atoms with Gasteiger partial charge in [-0.15, -0.1) is 0 Å². The number of hydrogen-bond donors (Lipinski definition) is 0. The summed E-state index contributed by atoms with van der Waals surface area (Å²) in [5.41, 5.74) is -0.112. The van der Waals surface area contributed by atoms with E-state index in [0.717, 1.165) is 6.42 Å². The maximum Gasteiger partial charge on any atom is 0.0724 e. The van der Waals surface area contributed by atoms with E-state index in [1.54, 1.807) is 6.07 Å². The molecule has 0 spiro atoms. The first-order chi connectivity index (χ1) is 7.49. The van der Waals surface area contributed by atoms with Crippen LogP contribution in [0.4, 0.5) is 0 Å². The Bertz CT molecular complexity index is 423. The molecular weight excluding hydrogens is 208 g/mol. The maximum absolute atomic E-state index is 11.0. The minimum absolute atomic E-state index is 0.0350. The van der Waals surface area contributed by atoms with Gasteiger partial charge in [-0.1, -0.05) is 32.0 Å². The zero-order valence-electron chi connectivity index (χ0n) is 9.15. The highest BCUT2D eigenvalue weighted by Gasteiger charge is 2.14. The van der Waals surface area contributed by atoms with Crippen LogP contribution >= 0.6 is 0 Å². The molecule has 0 aliphatic heterocycles. The molecule has 86 valence electrons. The third-order valence-corrected chi connectivity index (χ3v) is 2.66. The Hall–Kier alpha value is -1.84. The van der Waals surface area contributed by atoms with E-state index in [9.17, 15) is 19.8 Å². The van der Waals surface area contributed by atoms with Crippen LogP contribution in [0.15, 0.2) is 18.2 Å². The van der Waals surface area contributed by atoms with E-state index in [2.05, 4.69) is 0 Å². The first-order valence-corrected chi connectivity index (χ1v) is 5.04. The van der Waals surface area contributed by atoms with Crippen molar-refractivity contribution >= 4 is 11.9 Å².